The van der Waals surface area contributed by atoms with Crippen molar-refractivity contribution in [2.45, 2.75) is 24.7 Å². The van der Waals surface area contributed by atoms with Crippen molar-refractivity contribution in [2.75, 3.05) is 29.5 Å². The number of halogens is 1. The molecule has 0 aromatic heterocycles. The fourth-order valence-electron chi connectivity index (χ4n) is 6.90. The van der Waals surface area contributed by atoms with Crippen LogP contribution in [0, 0.1) is 0 Å². The molecule has 7 nitrogen and oxygen atoms in total. The summed E-state index contributed by atoms with van der Waals surface area (Å²) in [7, 11) is 0. The van der Waals surface area contributed by atoms with E-state index in [9.17, 15) is 14.4 Å². The van der Waals surface area contributed by atoms with E-state index in [0.29, 0.717) is 28.1 Å². The summed E-state index contributed by atoms with van der Waals surface area (Å²) < 4.78 is 6.30. The Morgan fingerprint density at radius 3 is 2.02 bits per heavy atom. The molecular formula is C38H32BrN3O4. The first kappa shape index (κ1) is 29.7. The number of barbiturate groups is 1. The Morgan fingerprint density at radius 2 is 1.46 bits per heavy atom. The van der Waals surface area contributed by atoms with Crippen LogP contribution >= 0.6 is 15.9 Å². The second-order valence-electron chi connectivity index (χ2n) is 11.7. The highest BCUT2D eigenvalue weighted by molar-refractivity contribution is 9.10. The lowest BCUT2D eigenvalue weighted by Crippen LogP contribution is -2.54. The molecule has 8 heteroatoms. The van der Waals surface area contributed by atoms with Gasteiger partial charge in [0.25, 0.3) is 11.8 Å². The molecule has 46 heavy (non-hydrogen) atoms. The van der Waals surface area contributed by atoms with Crippen molar-refractivity contribution < 1.29 is 19.1 Å². The van der Waals surface area contributed by atoms with Gasteiger partial charge >= 0.3 is 6.03 Å². The number of nitrogens with zero attached hydrogens (tertiary/aromatic N) is 2. The van der Waals surface area contributed by atoms with Gasteiger partial charge in [0, 0.05) is 30.6 Å². The fourth-order valence-corrected chi connectivity index (χ4v) is 7.41. The number of hydrogen-bond acceptors (Lipinski definition) is 5. The van der Waals surface area contributed by atoms with Gasteiger partial charge in [0.1, 0.15) is 17.9 Å². The molecule has 0 aliphatic carbocycles. The number of hydrogen-bond donors (Lipinski definition) is 1. The number of amides is 4. The molecule has 3 aliphatic heterocycles. The van der Waals surface area contributed by atoms with Crippen molar-refractivity contribution in [2.24, 2.45) is 0 Å². The molecule has 0 spiro atoms. The molecule has 3 heterocycles. The van der Waals surface area contributed by atoms with Gasteiger partial charge in [-0.3, -0.25) is 14.9 Å². The maximum absolute atomic E-state index is 14.1. The van der Waals surface area contributed by atoms with Gasteiger partial charge in [0.05, 0.1) is 10.2 Å². The lowest BCUT2D eigenvalue weighted by molar-refractivity contribution is -0.122. The molecule has 0 bridgehead atoms. The van der Waals surface area contributed by atoms with Crippen LogP contribution in [-0.2, 0) is 9.59 Å². The van der Waals surface area contributed by atoms with Crippen LogP contribution in [0.25, 0.3) is 6.08 Å². The van der Waals surface area contributed by atoms with Crippen LogP contribution in [0.2, 0.25) is 0 Å². The first-order valence-electron chi connectivity index (χ1n) is 15.4. The highest BCUT2D eigenvalue weighted by Crippen LogP contribution is 2.50. The van der Waals surface area contributed by atoms with E-state index in [1.807, 2.05) is 48.5 Å². The quantitative estimate of drug-likeness (QED) is 0.124. The van der Waals surface area contributed by atoms with Crippen molar-refractivity contribution in [1.29, 1.82) is 0 Å². The van der Waals surface area contributed by atoms with E-state index in [2.05, 4.69) is 57.0 Å². The predicted octanol–water partition coefficient (Wildman–Crippen LogP) is 7.56. The van der Waals surface area contributed by atoms with Crippen molar-refractivity contribution in [1.82, 2.24) is 5.32 Å². The molecule has 3 aliphatic rings. The number of benzene rings is 4. The van der Waals surface area contributed by atoms with E-state index >= 15 is 0 Å². The molecule has 4 amide bonds. The summed E-state index contributed by atoms with van der Waals surface area (Å²) in [6.45, 7) is 5.87. The van der Waals surface area contributed by atoms with Crippen molar-refractivity contribution in [3.63, 3.8) is 0 Å². The van der Waals surface area contributed by atoms with Crippen LogP contribution in [0.5, 0.6) is 5.75 Å². The van der Waals surface area contributed by atoms with Gasteiger partial charge in [0.2, 0.25) is 0 Å². The molecule has 4 aromatic carbocycles. The zero-order valence-electron chi connectivity index (χ0n) is 25.1. The average molecular weight is 675 g/mol. The van der Waals surface area contributed by atoms with Crippen LogP contribution in [0.3, 0.4) is 0 Å². The molecule has 1 fully saturated rings. The minimum atomic E-state index is -0.760. The molecule has 1 saturated heterocycles. The molecule has 0 unspecified atom stereocenters. The minimum Gasteiger partial charge on any atom is -0.488 e. The number of rotatable bonds is 7. The summed E-state index contributed by atoms with van der Waals surface area (Å²) in [5, 5.41) is 2.41. The second kappa shape index (κ2) is 12.4. The van der Waals surface area contributed by atoms with Gasteiger partial charge in [-0.05, 0) is 86.9 Å². The van der Waals surface area contributed by atoms with E-state index in [1.165, 1.54) is 22.9 Å². The lowest BCUT2D eigenvalue weighted by Gasteiger charge is -2.44. The van der Waals surface area contributed by atoms with E-state index < -0.39 is 17.8 Å². The third kappa shape index (κ3) is 5.43. The number of imide groups is 2. The Kier molecular flexibility index (Phi) is 8.05. The van der Waals surface area contributed by atoms with Crippen LogP contribution < -0.4 is 19.9 Å². The lowest BCUT2D eigenvalue weighted by atomic mass is 9.76. The van der Waals surface area contributed by atoms with Crippen molar-refractivity contribution in [3.05, 3.63) is 142 Å². The molecular weight excluding hydrogens is 642 g/mol. The van der Waals surface area contributed by atoms with Crippen LogP contribution in [0.15, 0.2) is 114 Å². The number of urea groups is 1. The van der Waals surface area contributed by atoms with Gasteiger partial charge in [0.15, 0.2) is 0 Å². The van der Waals surface area contributed by atoms with Gasteiger partial charge in [-0.2, -0.15) is 0 Å². The Hall–Kier alpha value is -4.95. The topological polar surface area (TPSA) is 79.0 Å². The van der Waals surface area contributed by atoms with Gasteiger partial charge in [-0.15, -0.1) is 0 Å². The van der Waals surface area contributed by atoms with Crippen molar-refractivity contribution in [3.8, 4) is 5.75 Å². The van der Waals surface area contributed by atoms with Crippen LogP contribution in [0.1, 0.15) is 52.5 Å². The summed E-state index contributed by atoms with van der Waals surface area (Å²) in [5.41, 5.74) is 6.69. The second-order valence-corrected chi connectivity index (χ2v) is 12.6. The number of ether oxygens (including phenoxy) is 1. The van der Waals surface area contributed by atoms with Crippen LogP contribution in [-0.4, -0.2) is 37.5 Å². The Labute approximate surface area is 276 Å². The molecule has 0 radical (unpaired) electrons. The Bertz CT molecular complexity index is 1820. The van der Waals surface area contributed by atoms with Crippen LogP contribution in [0.4, 0.5) is 16.2 Å². The zero-order chi connectivity index (χ0) is 31.8. The largest absolute Gasteiger partial charge is 0.488 e. The van der Waals surface area contributed by atoms with Gasteiger partial charge in [-0.25, -0.2) is 9.69 Å². The highest BCUT2D eigenvalue weighted by Gasteiger charge is 2.40. The SMILES string of the molecule is C=CCOc1ccc(/C=C2\C(=O)NC(=O)N(c3cc4c5c(c3)[C@@H](c3ccccc3)CCN5CC[C@@H]4c3ccccc3)C2=O)cc1Br. The molecule has 7 rings (SSSR count). The standard InChI is InChI=1S/C38H32BrN3O4/c1-2-19-46-34-14-13-24(21-33(34)39)20-32-36(43)40-38(45)42(37(32)44)27-22-30-28(25-9-5-3-6-10-25)15-17-41-18-16-29(31(23-27)35(30)41)26-11-7-4-8-12-26/h2-14,20-23,28-29H,1,15-19H2,(H,40,43,45)/b32-20+/t28-,29-/m1/s1. The van der Waals surface area contributed by atoms with E-state index in [1.54, 1.807) is 24.3 Å². The third-order valence-electron chi connectivity index (χ3n) is 8.98. The monoisotopic (exact) mass is 673 g/mol. The zero-order valence-corrected chi connectivity index (χ0v) is 26.7. The van der Waals surface area contributed by atoms with Gasteiger partial charge in [-0.1, -0.05) is 79.4 Å². The first-order chi connectivity index (χ1) is 22.4. The molecule has 4 aromatic rings. The maximum Gasteiger partial charge on any atom is 0.335 e. The summed E-state index contributed by atoms with van der Waals surface area (Å²) >= 11 is 3.50. The highest BCUT2D eigenvalue weighted by atomic mass is 79.9. The van der Waals surface area contributed by atoms with E-state index in [0.717, 1.165) is 42.0 Å². The van der Waals surface area contributed by atoms with Gasteiger partial charge < -0.3 is 9.64 Å². The summed E-state index contributed by atoms with van der Waals surface area (Å²) in [6.07, 6.45) is 4.99. The van der Waals surface area contributed by atoms with Crippen molar-refractivity contribution >= 4 is 51.2 Å². The maximum atomic E-state index is 14.1. The normalized spacial score (nSPS) is 19.9. The average Bonchev–Trinajstić information content (AvgIpc) is 3.07. The third-order valence-corrected chi connectivity index (χ3v) is 9.60. The predicted molar refractivity (Wildman–Crippen MR) is 183 cm³/mol. The Balaban J connectivity index is 1.34. The number of carbonyl (C=O) groups excluding carboxylic acids is 3. The fraction of sp³-hybridized carbons (Fsp3) is 0.184. The molecule has 0 saturated carbocycles. The summed E-state index contributed by atoms with van der Waals surface area (Å²) in [6, 6.07) is 29.2. The first-order valence-corrected chi connectivity index (χ1v) is 16.2. The number of nitrogens with one attached hydrogen (secondary N) is 1. The Morgan fingerprint density at radius 1 is 0.848 bits per heavy atom. The number of anilines is 2. The number of carbonyl (C=O) groups is 3. The molecule has 230 valence electrons. The molecule has 2 atom stereocenters. The molecule has 1 N–H and O–H groups in total. The smallest absolute Gasteiger partial charge is 0.335 e. The van der Waals surface area contributed by atoms with E-state index in [-0.39, 0.29) is 17.4 Å². The minimum absolute atomic E-state index is 0.0967. The summed E-state index contributed by atoms with van der Waals surface area (Å²) in [5.74, 6) is -0.598. The summed E-state index contributed by atoms with van der Waals surface area (Å²) in [4.78, 5) is 44.2. The van der Waals surface area contributed by atoms with E-state index in [4.69, 9.17) is 4.74 Å².